The molecular formula is C18H25N3O4. The molecule has 2 fully saturated rings. The van der Waals surface area contributed by atoms with E-state index in [1.54, 1.807) is 4.90 Å². The molecule has 136 valence electrons. The maximum Gasteiger partial charge on any atom is 0.309 e. The molecule has 3 aliphatic heterocycles. The van der Waals surface area contributed by atoms with Gasteiger partial charge >= 0.3 is 5.91 Å². The van der Waals surface area contributed by atoms with Gasteiger partial charge in [-0.1, -0.05) is 6.92 Å². The molecule has 2 amide bonds. The van der Waals surface area contributed by atoms with Gasteiger partial charge in [0, 0.05) is 32.7 Å². The standard InChI is InChI=1S/C18H25N3O4/c1-12-4-2-7-20(10-12)18(23)16-19-13-11-21(8-6-14(13)25-16)17(22)15-5-3-9-24-15/h12,15H,2-11H2,1H3/t12-,15-/m0/s1. The minimum absolute atomic E-state index is 0.0314. The fraction of sp³-hybridized carbons (Fsp3) is 0.722. The fourth-order valence-corrected chi connectivity index (χ4v) is 3.96. The maximum atomic E-state index is 12.7. The van der Waals surface area contributed by atoms with E-state index in [-0.39, 0.29) is 23.8 Å². The number of hydrogen-bond acceptors (Lipinski definition) is 5. The Bertz CT molecular complexity index is 665. The molecule has 3 aliphatic rings. The lowest BCUT2D eigenvalue weighted by molar-refractivity contribution is -0.142. The number of aromatic nitrogens is 1. The molecule has 7 heteroatoms. The number of amides is 2. The second-order valence-corrected chi connectivity index (χ2v) is 7.40. The normalized spacial score (nSPS) is 26.6. The van der Waals surface area contributed by atoms with Gasteiger partial charge in [0.05, 0.1) is 6.54 Å². The van der Waals surface area contributed by atoms with E-state index in [1.165, 1.54) is 0 Å². The first-order chi connectivity index (χ1) is 12.1. The summed E-state index contributed by atoms with van der Waals surface area (Å²) in [5.74, 6) is 1.33. The summed E-state index contributed by atoms with van der Waals surface area (Å²) in [5.41, 5.74) is 0.714. The lowest BCUT2D eigenvalue weighted by Crippen LogP contribution is -2.41. The van der Waals surface area contributed by atoms with Crippen LogP contribution in [-0.2, 0) is 22.5 Å². The second-order valence-electron chi connectivity index (χ2n) is 7.40. The summed E-state index contributed by atoms with van der Waals surface area (Å²) in [6.45, 7) is 5.34. The Morgan fingerprint density at radius 1 is 1.16 bits per heavy atom. The highest BCUT2D eigenvalue weighted by molar-refractivity contribution is 5.90. The van der Waals surface area contributed by atoms with Crippen molar-refractivity contribution in [3.05, 3.63) is 17.3 Å². The fourth-order valence-electron chi connectivity index (χ4n) is 3.96. The minimum Gasteiger partial charge on any atom is -0.437 e. The van der Waals surface area contributed by atoms with Gasteiger partial charge in [-0.05, 0) is 31.6 Å². The molecule has 1 aromatic rings. The van der Waals surface area contributed by atoms with Gasteiger partial charge in [-0.2, -0.15) is 0 Å². The summed E-state index contributed by atoms with van der Waals surface area (Å²) in [5, 5.41) is 0. The van der Waals surface area contributed by atoms with Crippen LogP contribution in [0.3, 0.4) is 0 Å². The summed E-state index contributed by atoms with van der Waals surface area (Å²) in [7, 11) is 0. The number of piperidine rings is 1. The zero-order chi connectivity index (χ0) is 17.4. The van der Waals surface area contributed by atoms with Crippen LogP contribution in [0.25, 0.3) is 0 Å². The first-order valence-corrected chi connectivity index (χ1v) is 9.30. The highest BCUT2D eigenvalue weighted by Gasteiger charge is 2.33. The van der Waals surface area contributed by atoms with Crippen molar-refractivity contribution < 1.29 is 18.7 Å². The average Bonchev–Trinajstić information content (AvgIpc) is 3.29. The molecule has 0 bridgehead atoms. The van der Waals surface area contributed by atoms with E-state index < -0.39 is 0 Å². The van der Waals surface area contributed by atoms with Crippen LogP contribution in [0.5, 0.6) is 0 Å². The van der Waals surface area contributed by atoms with E-state index in [0.717, 1.165) is 44.5 Å². The molecular weight excluding hydrogens is 322 g/mol. The van der Waals surface area contributed by atoms with Crippen LogP contribution in [0.15, 0.2) is 4.42 Å². The monoisotopic (exact) mass is 347 g/mol. The third kappa shape index (κ3) is 3.29. The van der Waals surface area contributed by atoms with Crippen LogP contribution < -0.4 is 0 Å². The van der Waals surface area contributed by atoms with Crippen molar-refractivity contribution in [2.45, 2.75) is 51.7 Å². The quantitative estimate of drug-likeness (QED) is 0.812. The van der Waals surface area contributed by atoms with E-state index in [2.05, 4.69) is 11.9 Å². The molecule has 1 aromatic heterocycles. The van der Waals surface area contributed by atoms with Crippen molar-refractivity contribution in [3.8, 4) is 0 Å². The third-order valence-electron chi connectivity index (χ3n) is 5.37. The average molecular weight is 347 g/mol. The van der Waals surface area contributed by atoms with Crippen molar-refractivity contribution >= 4 is 11.8 Å². The molecule has 0 aliphatic carbocycles. The van der Waals surface area contributed by atoms with Crippen LogP contribution in [0, 0.1) is 5.92 Å². The van der Waals surface area contributed by atoms with Crippen molar-refractivity contribution in [2.24, 2.45) is 5.92 Å². The van der Waals surface area contributed by atoms with Gasteiger partial charge in [-0.25, -0.2) is 4.98 Å². The predicted molar refractivity (Wildman–Crippen MR) is 88.9 cm³/mol. The number of rotatable bonds is 2. The van der Waals surface area contributed by atoms with Crippen molar-refractivity contribution in [3.63, 3.8) is 0 Å². The van der Waals surface area contributed by atoms with Crippen LogP contribution in [0.2, 0.25) is 0 Å². The van der Waals surface area contributed by atoms with E-state index in [0.29, 0.717) is 37.7 Å². The summed E-state index contributed by atoms with van der Waals surface area (Å²) in [6.07, 6.45) is 4.20. The van der Waals surface area contributed by atoms with E-state index in [4.69, 9.17) is 9.15 Å². The molecule has 0 N–H and O–H groups in total. The zero-order valence-electron chi connectivity index (χ0n) is 14.7. The maximum absolute atomic E-state index is 12.7. The Morgan fingerprint density at radius 2 is 2.04 bits per heavy atom. The van der Waals surface area contributed by atoms with Gasteiger partial charge in [0.1, 0.15) is 17.6 Å². The summed E-state index contributed by atoms with van der Waals surface area (Å²) >= 11 is 0. The molecule has 2 atom stereocenters. The van der Waals surface area contributed by atoms with E-state index in [9.17, 15) is 9.59 Å². The van der Waals surface area contributed by atoms with Gasteiger partial charge in [0.15, 0.2) is 0 Å². The minimum atomic E-state index is -0.315. The highest BCUT2D eigenvalue weighted by atomic mass is 16.5. The van der Waals surface area contributed by atoms with Crippen LogP contribution >= 0.6 is 0 Å². The molecule has 0 radical (unpaired) electrons. The molecule has 4 heterocycles. The Labute approximate surface area is 147 Å². The number of fused-ring (bicyclic) bond motifs is 1. The molecule has 0 spiro atoms. The second kappa shape index (κ2) is 6.78. The summed E-state index contributed by atoms with van der Waals surface area (Å²) < 4.78 is 11.2. The predicted octanol–water partition coefficient (Wildman–Crippen LogP) is 1.61. The number of carbonyl (C=O) groups excluding carboxylic acids is 2. The number of likely N-dealkylation sites (tertiary alicyclic amines) is 1. The zero-order valence-corrected chi connectivity index (χ0v) is 14.7. The molecule has 7 nitrogen and oxygen atoms in total. The third-order valence-corrected chi connectivity index (χ3v) is 5.37. The van der Waals surface area contributed by atoms with Gasteiger partial charge in [-0.15, -0.1) is 0 Å². The molecule has 4 rings (SSSR count). The largest absolute Gasteiger partial charge is 0.437 e. The highest BCUT2D eigenvalue weighted by Crippen LogP contribution is 2.24. The molecule has 2 saturated heterocycles. The topological polar surface area (TPSA) is 75.9 Å². The van der Waals surface area contributed by atoms with Gasteiger partial charge < -0.3 is 19.0 Å². The molecule has 0 aromatic carbocycles. The SMILES string of the molecule is C[C@H]1CCCN(C(=O)c2nc3c(o2)CCN(C(=O)[C@@H]2CCCO2)C3)C1. The lowest BCUT2D eigenvalue weighted by atomic mass is 10.0. The smallest absolute Gasteiger partial charge is 0.309 e. The first kappa shape index (κ1) is 16.6. The van der Waals surface area contributed by atoms with Crippen LogP contribution in [0.1, 0.15) is 54.7 Å². The Hall–Kier alpha value is -1.89. The molecule has 0 saturated carbocycles. The lowest BCUT2D eigenvalue weighted by Gasteiger charge is -2.29. The van der Waals surface area contributed by atoms with Crippen LogP contribution in [0.4, 0.5) is 0 Å². The number of hydrogen-bond donors (Lipinski definition) is 0. The Morgan fingerprint density at radius 3 is 2.80 bits per heavy atom. The Balaban J connectivity index is 1.45. The van der Waals surface area contributed by atoms with Crippen LogP contribution in [-0.4, -0.2) is 58.9 Å². The van der Waals surface area contributed by atoms with E-state index in [1.807, 2.05) is 4.90 Å². The summed E-state index contributed by atoms with van der Waals surface area (Å²) in [6, 6.07) is 0. The first-order valence-electron chi connectivity index (χ1n) is 9.30. The van der Waals surface area contributed by atoms with Gasteiger partial charge in [-0.3, -0.25) is 9.59 Å². The number of oxazole rings is 1. The number of nitrogens with zero attached hydrogens (tertiary/aromatic N) is 3. The van der Waals surface area contributed by atoms with Gasteiger partial charge in [0.2, 0.25) is 0 Å². The van der Waals surface area contributed by atoms with Crippen molar-refractivity contribution in [1.29, 1.82) is 0 Å². The van der Waals surface area contributed by atoms with Gasteiger partial charge in [0.25, 0.3) is 11.8 Å². The van der Waals surface area contributed by atoms with E-state index >= 15 is 0 Å². The van der Waals surface area contributed by atoms with Crippen molar-refractivity contribution in [1.82, 2.24) is 14.8 Å². The number of ether oxygens (including phenoxy) is 1. The molecule has 25 heavy (non-hydrogen) atoms. The summed E-state index contributed by atoms with van der Waals surface area (Å²) in [4.78, 5) is 33.2. The Kier molecular flexibility index (Phi) is 4.50. The molecule has 0 unspecified atom stereocenters. The van der Waals surface area contributed by atoms with Crippen molar-refractivity contribution in [2.75, 3.05) is 26.2 Å². The number of carbonyl (C=O) groups is 2.